The fraction of sp³-hybridized carbons (Fsp3) is 0.118. The monoisotopic (exact) mass is 310 g/mol. The summed E-state index contributed by atoms with van der Waals surface area (Å²) in [4.78, 5) is 23.2. The molecule has 0 spiro atoms. The van der Waals surface area contributed by atoms with Crippen molar-refractivity contribution in [3.63, 3.8) is 0 Å². The molecular formula is C17H14N2O4. The van der Waals surface area contributed by atoms with Crippen LogP contribution in [0.25, 0.3) is 0 Å². The molecule has 2 aromatic carbocycles. The number of nitriles is 1. The van der Waals surface area contributed by atoms with Crippen LogP contribution >= 0.6 is 0 Å². The molecule has 0 aliphatic rings. The maximum atomic E-state index is 11.8. The van der Waals surface area contributed by atoms with Crippen LogP contribution in [0.1, 0.15) is 21.5 Å². The third-order valence-corrected chi connectivity index (χ3v) is 3.01. The molecule has 0 radical (unpaired) electrons. The first-order chi connectivity index (χ1) is 11.1. The molecule has 1 N–H and O–H groups in total. The summed E-state index contributed by atoms with van der Waals surface area (Å²) in [6, 6.07) is 15.4. The topological polar surface area (TPSA) is 88.4 Å². The zero-order chi connectivity index (χ0) is 16.7. The highest BCUT2D eigenvalue weighted by Gasteiger charge is 2.12. The van der Waals surface area contributed by atoms with E-state index < -0.39 is 12.1 Å². The number of methoxy groups -OCH3 is 1. The Morgan fingerprint density at radius 2 is 1.91 bits per heavy atom. The number of rotatable bonds is 4. The Labute approximate surface area is 133 Å². The lowest BCUT2D eigenvalue weighted by molar-refractivity contribution is 0.0600. The molecule has 0 saturated heterocycles. The predicted octanol–water partition coefficient (Wildman–Crippen LogP) is 3.09. The van der Waals surface area contributed by atoms with Gasteiger partial charge in [-0.2, -0.15) is 5.26 Å². The molecule has 0 heterocycles. The van der Waals surface area contributed by atoms with Gasteiger partial charge in [0.15, 0.2) is 0 Å². The second kappa shape index (κ2) is 7.61. The van der Waals surface area contributed by atoms with Crippen LogP contribution < -0.4 is 5.32 Å². The van der Waals surface area contributed by atoms with E-state index in [1.54, 1.807) is 0 Å². The number of carbonyl (C=O) groups excluding carboxylic acids is 2. The van der Waals surface area contributed by atoms with Gasteiger partial charge in [0.1, 0.15) is 12.7 Å². The number of amides is 1. The van der Waals surface area contributed by atoms with Crippen LogP contribution in [0.5, 0.6) is 0 Å². The molecule has 116 valence electrons. The molecule has 1 amide bonds. The Hall–Kier alpha value is -3.33. The number of nitrogens with one attached hydrogen (secondary N) is 1. The average molecular weight is 310 g/mol. The molecule has 0 fully saturated rings. The fourth-order valence-electron chi connectivity index (χ4n) is 1.86. The molecule has 0 aliphatic heterocycles. The lowest BCUT2D eigenvalue weighted by atomic mass is 10.1. The smallest absolute Gasteiger partial charge is 0.411 e. The van der Waals surface area contributed by atoms with E-state index in [0.29, 0.717) is 0 Å². The molecule has 0 aliphatic carbocycles. The van der Waals surface area contributed by atoms with E-state index in [4.69, 9.17) is 10.00 Å². The van der Waals surface area contributed by atoms with Gasteiger partial charge in [-0.15, -0.1) is 0 Å². The Balaban J connectivity index is 2.03. The van der Waals surface area contributed by atoms with Gasteiger partial charge in [0.05, 0.1) is 23.9 Å². The number of ether oxygens (including phenoxy) is 2. The summed E-state index contributed by atoms with van der Waals surface area (Å²) in [7, 11) is 1.25. The van der Waals surface area contributed by atoms with Crippen molar-refractivity contribution in [3.8, 4) is 6.07 Å². The molecule has 0 unspecified atom stereocenters. The summed E-state index contributed by atoms with van der Waals surface area (Å²) in [5, 5.41) is 11.6. The second-order valence-electron chi connectivity index (χ2n) is 4.55. The number of hydrogen-bond donors (Lipinski definition) is 1. The zero-order valence-corrected chi connectivity index (χ0v) is 12.4. The second-order valence-corrected chi connectivity index (χ2v) is 4.55. The maximum Gasteiger partial charge on any atom is 0.411 e. The number of anilines is 1. The Bertz CT molecular complexity index is 751. The summed E-state index contributed by atoms with van der Waals surface area (Å²) in [6.07, 6.45) is -0.684. The van der Waals surface area contributed by atoms with Gasteiger partial charge in [0.2, 0.25) is 0 Å². The van der Waals surface area contributed by atoms with Gasteiger partial charge < -0.3 is 9.47 Å². The van der Waals surface area contributed by atoms with Gasteiger partial charge in [-0.3, -0.25) is 5.32 Å². The SMILES string of the molecule is COC(=O)c1ccc(NC(=O)OCc2ccccc2)c(C#N)c1. The molecular weight excluding hydrogens is 296 g/mol. The highest BCUT2D eigenvalue weighted by Crippen LogP contribution is 2.18. The van der Waals surface area contributed by atoms with E-state index in [-0.39, 0.29) is 23.4 Å². The first-order valence-corrected chi connectivity index (χ1v) is 6.74. The van der Waals surface area contributed by atoms with Gasteiger partial charge in [0.25, 0.3) is 0 Å². The van der Waals surface area contributed by atoms with Crippen molar-refractivity contribution in [2.24, 2.45) is 0 Å². The molecule has 2 aromatic rings. The van der Waals surface area contributed by atoms with Crippen LogP contribution in [0, 0.1) is 11.3 Å². The maximum absolute atomic E-state index is 11.8. The minimum absolute atomic E-state index is 0.120. The van der Waals surface area contributed by atoms with Gasteiger partial charge >= 0.3 is 12.1 Å². The van der Waals surface area contributed by atoms with Crippen molar-refractivity contribution in [1.82, 2.24) is 0 Å². The molecule has 23 heavy (non-hydrogen) atoms. The lowest BCUT2D eigenvalue weighted by Crippen LogP contribution is -2.14. The summed E-state index contributed by atoms with van der Waals surface area (Å²) >= 11 is 0. The normalized spacial score (nSPS) is 9.57. The van der Waals surface area contributed by atoms with E-state index in [9.17, 15) is 9.59 Å². The van der Waals surface area contributed by atoms with E-state index in [1.165, 1.54) is 25.3 Å². The minimum Gasteiger partial charge on any atom is -0.465 e. The summed E-state index contributed by atoms with van der Waals surface area (Å²) < 4.78 is 9.66. The Morgan fingerprint density at radius 3 is 2.57 bits per heavy atom. The van der Waals surface area contributed by atoms with E-state index in [1.807, 2.05) is 36.4 Å². The fourth-order valence-corrected chi connectivity index (χ4v) is 1.86. The van der Waals surface area contributed by atoms with E-state index >= 15 is 0 Å². The molecule has 0 aromatic heterocycles. The number of esters is 1. The van der Waals surface area contributed by atoms with Gasteiger partial charge in [-0.1, -0.05) is 30.3 Å². The highest BCUT2D eigenvalue weighted by atomic mass is 16.5. The molecule has 0 bridgehead atoms. The van der Waals surface area contributed by atoms with Crippen LogP contribution in [-0.4, -0.2) is 19.2 Å². The van der Waals surface area contributed by atoms with E-state index in [2.05, 4.69) is 10.1 Å². The molecule has 2 rings (SSSR count). The van der Waals surface area contributed by atoms with Crippen molar-refractivity contribution in [2.75, 3.05) is 12.4 Å². The Kier molecular flexibility index (Phi) is 5.31. The third-order valence-electron chi connectivity index (χ3n) is 3.01. The summed E-state index contributed by atoms with van der Waals surface area (Å²) in [6.45, 7) is 0.120. The van der Waals surface area contributed by atoms with Crippen LogP contribution in [0.3, 0.4) is 0 Å². The van der Waals surface area contributed by atoms with Crippen molar-refractivity contribution >= 4 is 17.7 Å². The van der Waals surface area contributed by atoms with Crippen LogP contribution in [0.15, 0.2) is 48.5 Å². The molecule has 6 nitrogen and oxygen atoms in total. The predicted molar refractivity (Wildman–Crippen MR) is 82.7 cm³/mol. The number of benzene rings is 2. The van der Waals surface area contributed by atoms with Crippen LogP contribution in [0.4, 0.5) is 10.5 Å². The standard InChI is InChI=1S/C17H14N2O4/c1-22-16(20)13-7-8-15(14(9-13)10-18)19-17(21)23-11-12-5-3-2-4-6-12/h2-9H,11H2,1H3,(H,19,21). The zero-order valence-electron chi connectivity index (χ0n) is 12.4. The largest absolute Gasteiger partial charge is 0.465 e. The molecule has 0 atom stereocenters. The summed E-state index contributed by atoms with van der Waals surface area (Å²) in [5.74, 6) is -0.556. The molecule has 6 heteroatoms. The van der Waals surface area contributed by atoms with Crippen molar-refractivity contribution in [3.05, 3.63) is 65.2 Å². The Morgan fingerprint density at radius 1 is 1.17 bits per heavy atom. The van der Waals surface area contributed by atoms with Gasteiger partial charge in [-0.05, 0) is 23.8 Å². The van der Waals surface area contributed by atoms with Crippen molar-refractivity contribution in [2.45, 2.75) is 6.61 Å². The summed E-state index contributed by atoms with van der Waals surface area (Å²) in [5.41, 5.74) is 1.49. The van der Waals surface area contributed by atoms with Crippen molar-refractivity contribution < 1.29 is 19.1 Å². The molecule has 0 saturated carbocycles. The quantitative estimate of drug-likeness (QED) is 0.877. The number of carbonyl (C=O) groups is 2. The average Bonchev–Trinajstić information content (AvgIpc) is 2.60. The first-order valence-electron chi connectivity index (χ1n) is 6.74. The van der Waals surface area contributed by atoms with Gasteiger partial charge in [-0.25, -0.2) is 9.59 Å². The highest BCUT2D eigenvalue weighted by molar-refractivity contribution is 5.92. The van der Waals surface area contributed by atoms with Gasteiger partial charge in [0, 0.05) is 0 Å². The van der Waals surface area contributed by atoms with Crippen LogP contribution in [0.2, 0.25) is 0 Å². The van der Waals surface area contributed by atoms with Crippen molar-refractivity contribution in [1.29, 1.82) is 5.26 Å². The lowest BCUT2D eigenvalue weighted by Gasteiger charge is -2.09. The van der Waals surface area contributed by atoms with E-state index in [0.717, 1.165) is 5.56 Å². The van der Waals surface area contributed by atoms with Crippen LogP contribution in [-0.2, 0) is 16.1 Å². The number of nitrogens with zero attached hydrogens (tertiary/aromatic N) is 1. The first kappa shape index (κ1) is 16.0. The number of hydrogen-bond acceptors (Lipinski definition) is 5. The minimum atomic E-state index is -0.684. The third kappa shape index (κ3) is 4.32.